The minimum Gasteiger partial charge on any atom is -0.369 e. The third-order valence-corrected chi connectivity index (χ3v) is 5.95. The molecule has 1 amide bonds. The van der Waals surface area contributed by atoms with Crippen LogP contribution in [0.2, 0.25) is 0 Å². The van der Waals surface area contributed by atoms with E-state index in [1.165, 1.54) is 5.56 Å². The zero-order chi connectivity index (χ0) is 23.2. The number of nitrogens with one attached hydrogen (secondary N) is 2. The van der Waals surface area contributed by atoms with Gasteiger partial charge in [0.1, 0.15) is 5.82 Å². The second-order valence-electron chi connectivity index (χ2n) is 8.84. The number of anilines is 2. The number of amides is 1. The van der Waals surface area contributed by atoms with Crippen LogP contribution in [0.3, 0.4) is 0 Å². The standard InChI is InChI=1S/C25H35N7O/c1-4-11-27-24-21-9-8-20(16-22(21)28-25(29-24)30(2)3)32-15-10-19(18-32)17-26-12-6-14-31-13-5-7-23(31)33/h8-10,15-16,18,26H,4-7,11-14,17H2,1-3H3,(H,27,28,29). The zero-order valence-corrected chi connectivity index (χ0v) is 20.0. The van der Waals surface area contributed by atoms with E-state index < -0.39 is 0 Å². The Bertz CT molecular complexity index is 1090. The number of carbonyl (C=O) groups excluding carboxylic acids is 1. The number of nitrogens with zero attached hydrogens (tertiary/aromatic N) is 5. The van der Waals surface area contributed by atoms with E-state index in [0.717, 1.165) is 80.8 Å². The minimum absolute atomic E-state index is 0.304. The van der Waals surface area contributed by atoms with Gasteiger partial charge in [0, 0.05) is 70.2 Å². The summed E-state index contributed by atoms with van der Waals surface area (Å²) in [6, 6.07) is 8.47. The number of aromatic nitrogens is 3. The molecule has 0 bridgehead atoms. The van der Waals surface area contributed by atoms with Gasteiger partial charge in [-0.1, -0.05) is 6.92 Å². The molecule has 1 aromatic carbocycles. The topological polar surface area (TPSA) is 78.3 Å². The number of likely N-dealkylation sites (tertiary alicyclic amines) is 1. The molecule has 0 spiro atoms. The second kappa shape index (κ2) is 10.7. The van der Waals surface area contributed by atoms with Crippen LogP contribution in [-0.4, -0.2) is 65.6 Å². The van der Waals surface area contributed by atoms with Crippen LogP contribution in [0.1, 0.15) is 38.2 Å². The van der Waals surface area contributed by atoms with Crippen LogP contribution in [0.25, 0.3) is 16.6 Å². The number of fused-ring (bicyclic) bond motifs is 1. The summed E-state index contributed by atoms with van der Waals surface area (Å²) in [5, 5.41) is 7.96. The average molecular weight is 450 g/mol. The van der Waals surface area contributed by atoms with Crippen LogP contribution >= 0.6 is 0 Å². The number of hydrogen-bond acceptors (Lipinski definition) is 6. The van der Waals surface area contributed by atoms with Crippen molar-refractivity contribution in [3.05, 3.63) is 42.2 Å². The lowest BCUT2D eigenvalue weighted by Gasteiger charge is -2.15. The fraction of sp³-hybridized carbons (Fsp3) is 0.480. The van der Waals surface area contributed by atoms with E-state index in [2.05, 4.69) is 63.8 Å². The van der Waals surface area contributed by atoms with Gasteiger partial charge in [-0.15, -0.1) is 0 Å². The van der Waals surface area contributed by atoms with Gasteiger partial charge in [-0.25, -0.2) is 4.98 Å². The maximum Gasteiger partial charge on any atom is 0.227 e. The largest absolute Gasteiger partial charge is 0.369 e. The maximum absolute atomic E-state index is 11.7. The third-order valence-electron chi connectivity index (χ3n) is 5.95. The van der Waals surface area contributed by atoms with E-state index in [9.17, 15) is 4.79 Å². The molecule has 0 unspecified atom stereocenters. The van der Waals surface area contributed by atoms with Gasteiger partial charge in [0.25, 0.3) is 0 Å². The zero-order valence-electron chi connectivity index (χ0n) is 20.0. The summed E-state index contributed by atoms with van der Waals surface area (Å²) in [5.41, 5.74) is 3.23. The Morgan fingerprint density at radius 1 is 1.15 bits per heavy atom. The highest BCUT2D eigenvalue weighted by Crippen LogP contribution is 2.25. The predicted octanol–water partition coefficient (Wildman–Crippen LogP) is 3.41. The first-order valence-corrected chi connectivity index (χ1v) is 11.9. The van der Waals surface area contributed by atoms with Crippen molar-refractivity contribution in [1.82, 2.24) is 24.8 Å². The molecule has 0 aliphatic carbocycles. The number of carbonyl (C=O) groups is 1. The van der Waals surface area contributed by atoms with Crippen molar-refractivity contribution in [3.63, 3.8) is 0 Å². The molecule has 0 radical (unpaired) electrons. The first-order chi connectivity index (χ1) is 16.0. The van der Waals surface area contributed by atoms with Crippen LogP contribution in [0.5, 0.6) is 0 Å². The minimum atomic E-state index is 0.304. The van der Waals surface area contributed by atoms with E-state index in [1.54, 1.807) is 0 Å². The van der Waals surface area contributed by atoms with Crippen molar-refractivity contribution in [1.29, 1.82) is 0 Å². The van der Waals surface area contributed by atoms with Crippen LogP contribution in [0.4, 0.5) is 11.8 Å². The highest BCUT2D eigenvalue weighted by molar-refractivity contribution is 5.91. The highest BCUT2D eigenvalue weighted by Gasteiger charge is 2.18. The lowest BCUT2D eigenvalue weighted by molar-refractivity contribution is -0.127. The van der Waals surface area contributed by atoms with E-state index in [-0.39, 0.29) is 0 Å². The molecule has 3 aromatic rings. The van der Waals surface area contributed by atoms with Gasteiger partial charge in [-0.2, -0.15) is 4.98 Å². The Morgan fingerprint density at radius 2 is 2.03 bits per heavy atom. The molecule has 33 heavy (non-hydrogen) atoms. The van der Waals surface area contributed by atoms with Crippen LogP contribution < -0.4 is 15.5 Å². The first kappa shape index (κ1) is 23.0. The molecule has 8 heteroatoms. The first-order valence-electron chi connectivity index (χ1n) is 11.9. The molecule has 4 rings (SSSR count). The number of benzene rings is 1. The molecule has 1 saturated heterocycles. The van der Waals surface area contributed by atoms with Crippen molar-refractivity contribution in [2.45, 2.75) is 39.2 Å². The smallest absolute Gasteiger partial charge is 0.227 e. The molecular formula is C25H35N7O. The summed E-state index contributed by atoms with van der Waals surface area (Å²) < 4.78 is 2.13. The molecule has 1 fully saturated rings. The van der Waals surface area contributed by atoms with Crippen molar-refractivity contribution >= 4 is 28.6 Å². The second-order valence-corrected chi connectivity index (χ2v) is 8.84. The van der Waals surface area contributed by atoms with Crippen molar-refractivity contribution in [3.8, 4) is 5.69 Å². The summed E-state index contributed by atoms with van der Waals surface area (Å²) >= 11 is 0. The SMILES string of the molecule is CCCNc1nc(N(C)C)nc2cc(-n3ccc(CNCCCN4CCCC4=O)c3)ccc12. The molecule has 1 aliphatic rings. The lowest BCUT2D eigenvalue weighted by atomic mass is 10.2. The Hall–Kier alpha value is -3.13. The summed E-state index contributed by atoms with van der Waals surface area (Å²) in [4.78, 5) is 25.1. The molecule has 176 valence electrons. The fourth-order valence-corrected chi connectivity index (χ4v) is 4.12. The lowest BCUT2D eigenvalue weighted by Crippen LogP contribution is -2.28. The van der Waals surface area contributed by atoms with Crippen molar-refractivity contribution in [2.75, 3.05) is 50.5 Å². The Balaban J connectivity index is 1.40. The molecule has 2 aromatic heterocycles. The highest BCUT2D eigenvalue weighted by atomic mass is 16.2. The summed E-state index contributed by atoms with van der Waals surface area (Å²) in [6.07, 6.45) is 7.99. The van der Waals surface area contributed by atoms with Crippen LogP contribution in [0, 0.1) is 0 Å². The third kappa shape index (κ3) is 5.63. The van der Waals surface area contributed by atoms with Gasteiger partial charge >= 0.3 is 0 Å². The molecule has 8 nitrogen and oxygen atoms in total. The monoisotopic (exact) mass is 449 g/mol. The van der Waals surface area contributed by atoms with Crippen molar-refractivity contribution in [2.24, 2.45) is 0 Å². The molecule has 0 saturated carbocycles. The van der Waals surface area contributed by atoms with Crippen LogP contribution in [0.15, 0.2) is 36.7 Å². The molecule has 2 N–H and O–H groups in total. The fourth-order valence-electron chi connectivity index (χ4n) is 4.12. The van der Waals surface area contributed by atoms with E-state index in [4.69, 9.17) is 4.98 Å². The van der Waals surface area contributed by atoms with Gasteiger partial charge in [0.15, 0.2) is 0 Å². The summed E-state index contributed by atoms with van der Waals surface area (Å²) in [7, 11) is 3.92. The molecular weight excluding hydrogens is 414 g/mol. The molecule has 0 atom stereocenters. The van der Waals surface area contributed by atoms with E-state index in [0.29, 0.717) is 11.9 Å². The average Bonchev–Trinajstić information content (AvgIpc) is 3.45. The molecule has 1 aliphatic heterocycles. The maximum atomic E-state index is 11.7. The van der Waals surface area contributed by atoms with Gasteiger partial charge in [0.05, 0.1) is 5.52 Å². The van der Waals surface area contributed by atoms with E-state index >= 15 is 0 Å². The molecule has 3 heterocycles. The number of rotatable bonds is 11. The van der Waals surface area contributed by atoms with Gasteiger partial charge in [0.2, 0.25) is 11.9 Å². The van der Waals surface area contributed by atoms with Gasteiger partial charge < -0.3 is 25.0 Å². The van der Waals surface area contributed by atoms with Crippen LogP contribution in [-0.2, 0) is 11.3 Å². The Morgan fingerprint density at radius 3 is 2.79 bits per heavy atom. The van der Waals surface area contributed by atoms with Crippen molar-refractivity contribution < 1.29 is 4.79 Å². The Kier molecular flexibility index (Phi) is 7.44. The quantitative estimate of drug-likeness (QED) is 0.437. The summed E-state index contributed by atoms with van der Waals surface area (Å²) in [5.74, 6) is 1.88. The normalized spacial score (nSPS) is 13.8. The Labute approximate surface area is 196 Å². The number of hydrogen-bond donors (Lipinski definition) is 2. The predicted molar refractivity (Wildman–Crippen MR) is 134 cm³/mol. The van der Waals surface area contributed by atoms with E-state index in [1.807, 2.05) is 23.9 Å². The van der Waals surface area contributed by atoms with Gasteiger partial charge in [-0.3, -0.25) is 4.79 Å². The summed E-state index contributed by atoms with van der Waals surface area (Å²) in [6.45, 7) is 6.52. The van der Waals surface area contributed by atoms with Gasteiger partial charge in [-0.05, 0) is 55.6 Å².